The van der Waals surface area contributed by atoms with Gasteiger partial charge in [0.2, 0.25) is 0 Å². The minimum Gasteiger partial charge on any atom is -0.327 e. The van der Waals surface area contributed by atoms with E-state index in [0.717, 1.165) is 0 Å². The van der Waals surface area contributed by atoms with Crippen molar-refractivity contribution < 1.29 is 31.5 Å². The second kappa shape index (κ2) is 5.10. The summed E-state index contributed by atoms with van der Waals surface area (Å²) < 4.78 is 61.9. The molecule has 1 aliphatic heterocycles. The molecule has 0 aliphatic carbocycles. The van der Waals surface area contributed by atoms with Crippen LogP contribution < -0.4 is 0 Å². The normalized spacial score (nSPS) is 21.2. The number of alkyl halides is 6. The van der Waals surface area contributed by atoms with Gasteiger partial charge in [-0.15, -0.1) is 0 Å². The lowest BCUT2D eigenvalue weighted by molar-refractivity contribution is -0.274. The van der Waals surface area contributed by atoms with Gasteiger partial charge in [-0.2, -0.15) is 22.0 Å². The third kappa shape index (κ3) is 2.65. The summed E-state index contributed by atoms with van der Waals surface area (Å²) in [6.07, 6.45) is -5.62. The molecule has 18 heavy (non-hydrogen) atoms. The van der Waals surface area contributed by atoms with Crippen LogP contribution in [0.4, 0.5) is 22.0 Å². The highest BCUT2D eigenvalue weighted by Crippen LogP contribution is 2.38. The second-order valence-corrected chi connectivity index (χ2v) is 4.39. The Morgan fingerprint density at radius 1 is 1.22 bits per heavy atom. The van der Waals surface area contributed by atoms with E-state index in [1.165, 1.54) is 0 Å². The minimum atomic E-state index is -5.95. The molecule has 0 saturated carbocycles. The highest BCUT2D eigenvalue weighted by molar-refractivity contribution is 9.09. The topological polar surface area (TPSA) is 37.4 Å². The third-order valence-corrected chi connectivity index (χ3v) is 3.19. The number of carbonyl (C=O) groups excluding carboxylic acids is 2. The van der Waals surface area contributed by atoms with E-state index in [1.807, 2.05) is 0 Å². The predicted octanol–water partition coefficient (Wildman–Crippen LogP) is 2.14. The Morgan fingerprint density at radius 2 is 1.78 bits per heavy atom. The fraction of sp³-hybridized carbons (Fsp3) is 0.778. The van der Waals surface area contributed by atoms with Gasteiger partial charge >= 0.3 is 18.0 Å². The van der Waals surface area contributed by atoms with Crippen molar-refractivity contribution in [3.63, 3.8) is 0 Å². The summed E-state index contributed by atoms with van der Waals surface area (Å²) in [5, 5.41) is -0.195. The first-order chi connectivity index (χ1) is 8.13. The van der Waals surface area contributed by atoms with Crippen molar-refractivity contribution in [2.24, 2.45) is 0 Å². The number of ketones is 1. The fourth-order valence-corrected chi connectivity index (χ4v) is 2.11. The van der Waals surface area contributed by atoms with Crippen molar-refractivity contribution in [1.82, 2.24) is 4.90 Å². The van der Waals surface area contributed by atoms with E-state index in [2.05, 4.69) is 15.9 Å². The van der Waals surface area contributed by atoms with Gasteiger partial charge in [-0.05, 0) is 12.8 Å². The second-order valence-electron chi connectivity index (χ2n) is 3.83. The molecular weight excluding hydrogens is 329 g/mol. The number of hydrogen-bond donors (Lipinski definition) is 0. The highest BCUT2D eigenvalue weighted by atomic mass is 79.9. The van der Waals surface area contributed by atoms with Gasteiger partial charge in [-0.3, -0.25) is 9.59 Å². The molecule has 1 amide bonds. The van der Waals surface area contributed by atoms with Crippen LogP contribution in [0, 0.1) is 0 Å². The van der Waals surface area contributed by atoms with Gasteiger partial charge < -0.3 is 4.90 Å². The van der Waals surface area contributed by atoms with Crippen LogP contribution in [0.3, 0.4) is 0 Å². The molecule has 1 heterocycles. The smallest absolute Gasteiger partial charge is 0.327 e. The number of Topliss-reactive ketones (excluding diaryl/α,β-unsaturated/α-hetero) is 1. The fourth-order valence-electron chi connectivity index (χ4n) is 1.74. The SMILES string of the molecule is O=C(CBr)C1CCCN1C(=O)C(F)(F)C(F)(F)F. The minimum absolute atomic E-state index is 0.101. The molecule has 1 saturated heterocycles. The van der Waals surface area contributed by atoms with E-state index in [9.17, 15) is 31.5 Å². The van der Waals surface area contributed by atoms with E-state index < -0.39 is 29.8 Å². The molecule has 1 atom stereocenters. The van der Waals surface area contributed by atoms with Crippen molar-refractivity contribution in [3.05, 3.63) is 0 Å². The van der Waals surface area contributed by atoms with Crippen molar-refractivity contribution in [1.29, 1.82) is 0 Å². The van der Waals surface area contributed by atoms with Crippen LogP contribution in [0.15, 0.2) is 0 Å². The number of hydrogen-bond acceptors (Lipinski definition) is 2. The lowest BCUT2D eigenvalue weighted by atomic mass is 10.1. The molecule has 9 heteroatoms. The Morgan fingerprint density at radius 3 is 2.22 bits per heavy atom. The van der Waals surface area contributed by atoms with Crippen molar-refractivity contribution >= 4 is 27.6 Å². The lowest BCUT2D eigenvalue weighted by Gasteiger charge is -2.28. The maximum absolute atomic E-state index is 12.9. The summed E-state index contributed by atoms with van der Waals surface area (Å²) in [7, 11) is 0. The predicted molar refractivity (Wildman–Crippen MR) is 54.5 cm³/mol. The van der Waals surface area contributed by atoms with Gasteiger partial charge in [-0.25, -0.2) is 0 Å². The van der Waals surface area contributed by atoms with Crippen molar-refractivity contribution in [3.8, 4) is 0 Å². The largest absolute Gasteiger partial charge is 0.463 e. The molecule has 0 aromatic rings. The number of carbonyl (C=O) groups is 2. The summed E-state index contributed by atoms with van der Waals surface area (Å²) >= 11 is 2.79. The molecule has 3 nitrogen and oxygen atoms in total. The van der Waals surface area contributed by atoms with Crippen molar-refractivity contribution in [2.45, 2.75) is 31.0 Å². The Kier molecular flexibility index (Phi) is 4.34. The van der Waals surface area contributed by atoms with E-state index in [-0.39, 0.29) is 24.7 Å². The van der Waals surface area contributed by atoms with Gasteiger partial charge in [-0.1, -0.05) is 15.9 Å². The average Bonchev–Trinajstić information content (AvgIpc) is 2.73. The maximum Gasteiger partial charge on any atom is 0.463 e. The maximum atomic E-state index is 12.9. The van der Waals surface area contributed by atoms with Crippen LogP contribution in [-0.2, 0) is 9.59 Å². The quantitative estimate of drug-likeness (QED) is 0.584. The number of rotatable bonds is 3. The Hall–Kier alpha value is -0.730. The molecule has 1 rings (SSSR count). The van der Waals surface area contributed by atoms with E-state index in [4.69, 9.17) is 0 Å². The number of likely N-dealkylation sites (tertiary alicyclic amines) is 1. The first-order valence-electron chi connectivity index (χ1n) is 4.97. The first-order valence-corrected chi connectivity index (χ1v) is 6.09. The van der Waals surface area contributed by atoms with Crippen LogP contribution in [0.5, 0.6) is 0 Å². The molecular formula is C9H9BrF5NO2. The summed E-state index contributed by atoms with van der Waals surface area (Å²) in [6.45, 7) is -0.270. The number of halogens is 6. The molecule has 0 aromatic heterocycles. The molecule has 0 aromatic carbocycles. The monoisotopic (exact) mass is 337 g/mol. The van der Waals surface area contributed by atoms with Crippen LogP contribution in [0.1, 0.15) is 12.8 Å². The third-order valence-electron chi connectivity index (χ3n) is 2.64. The van der Waals surface area contributed by atoms with Gasteiger partial charge in [0.1, 0.15) is 0 Å². The average molecular weight is 338 g/mol. The molecule has 1 aliphatic rings. The van der Waals surface area contributed by atoms with Crippen LogP contribution in [-0.4, -0.2) is 46.6 Å². The zero-order chi connectivity index (χ0) is 14.1. The van der Waals surface area contributed by atoms with Gasteiger partial charge in [0.05, 0.1) is 11.4 Å². The Bertz CT molecular complexity index is 357. The molecule has 1 unspecified atom stereocenters. The zero-order valence-electron chi connectivity index (χ0n) is 8.94. The van der Waals surface area contributed by atoms with Gasteiger partial charge in [0.15, 0.2) is 5.78 Å². The Balaban J connectivity index is 2.93. The van der Waals surface area contributed by atoms with Crippen LogP contribution in [0.2, 0.25) is 0 Å². The van der Waals surface area contributed by atoms with Crippen molar-refractivity contribution in [2.75, 3.05) is 11.9 Å². The summed E-state index contributed by atoms with van der Waals surface area (Å²) in [5.74, 6) is -8.40. The molecule has 104 valence electrons. The van der Waals surface area contributed by atoms with E-state index >= 15 is 0 Å². The highest BCUT2D eigenvalue weighted by Gasteiger charge is 2.65. The standard InChI is InChI=1S/C9H9BrF5NO2/c10-4-6(17)5-2-1-3-16(5)7(18)8(11,12)9(13,14)15/h5H,1-4H2. The molecule has 0 radical (unpaired) electrons. The molecule has 0 bridgehead atoms. The van der Waals surface area contributed by atoms with Gasteiger partial charge in [0, 0.05) is 6.54 Å². The summed E-state index contributed by atoms with van der Waals surface area (Å²) in [5.41, 5.74) is 0. The van der Waals surface area contributed by atoms with E-state index in [0.29, 0.717) is 4.90 Å². The molecule has 1 fully saturated rings. The Labute approximate surface area is 107 Å². The number of nitrogens with zero attached hydrogens (tertiary/aromatic N) is 1. The van der Waals surface area contributed by atoms with E-state index in [1.54, 1.807) is 0 Å². The zero-order valence-corrected chi connectivity index (χ0v) is 10.5. The first kappa shape index (κ1) is 15.3. The number of amides is 1. The molecule has 0 spiro atoms. The van der Waals surface area contributed by atoms with Crippen LogP contribution >= 0.6 is 15.9 Å². The molecule has 0 N–H and O–H groups in total. The van der Waals surface area contributed by atoms with Gasteiger partial charge in [0.25, 0.3) is 0 Å². The van der Waals surface area contributed by atoms with Crippen LogP contribution in [0.25, 0.3) is 0 Å². The summed E-state index contributed by atoms with van der Waals surface area (Å²) in [4.78, 5) is 22.9. The summed E-state index contributed by atoms with van der Waals surface area (Å²) in [6, 6.07) is -1.20. The lowest BCUT2D eigenvalue weighted by Crippen LogP contribution is -2.54.